The Morgan fingerprint density at radius 2 is 1.90 bits per heavy atom. The molecular weight excluding hydrogens is 393 g/mol. The highest BCUT2D eigenvalue weighted by molar-refractivity contribution is 7.89. The van der Waals surface area contributed by atoms with Crippen LogP contribution in [0.4, 0.5) is 15.8 Å². The molecular formula is C21H26FN3O3S. The van der Waals surface area contributed by atoms with Crippen LogP contribution in [0.25, 0.3) is 0 Å². The maximum Gasteiger partial charge on any atom is 0.243 e. The van der Waals surface area contributed by atoms with Crippen molar-refractivity contribution in [3.05, 3.63) is 53.3 Å². The number of benzene rings is 2. The van der Waals surface area contributed by atoms with E-state index in [4.69, 9.17) is 0 Å². The number of fused-ring (bicyclic) bond motifs is 1. The fourth-order valence-corrected chi connectivity index (χ4v) is 5.04. The van der Waals surface area contributed by atoms with Gasteiger partial charge in [-0.3, -0.25) is 4.79 Å². The minimum atomic E-state index is -3.51. The summed E-state index contributed by atoms with van der Waals surface area (Å²) in [5, 5.41) is 2.71. The van der Waals surface area contributed by atoms with E-state index in [0.29, 0.717) is 37.3 Å². The number of anilines is 2. The lowest BCUT2D eigenvalue weighted by Gasteiger charge is -2.21. The highest BCUT2D eigenvalue weighted by Gasteiger charge is 2.26. The Labute approximate surface area is 171 Å². The van der Waals surface area contributed by atoms with Crippen LogP contribution in [0.3, 0.4) is 0 Å². The molecule has 0 atom stereocenters. The molecule has 29 heavy (non-hydrogen) atoms. The third-order valence-electron chi connectivity index (χ3n) is 5.18. The summed E-state index contributed by atoms with van der Waals surface area (Å²) in [6, 6.07) is 9.65. The first-order chi connectivity index (χ1) is 13.8. The summed E-state index contributed by atoms with van der Waals surface area (Å²) < 4.78 is 40.5. The molecule has 2 aromatic carbocycles. The Morgan fingerprint density at radius 1 is 1.17 bits per heavy atom. The zero-order chi connectivity index (χ0) is 21.2. The summed E-state index contributed by atoms with van der Waals surface area (Å²) in [5.74, 6) is -0.614. The van der Waals surface area contributed by atoms with Gasteiger partial charge in [-0.15, -0.1) is 0 Å². The van der Waals surface area contributed by atoms with Crippen LogP contribution in [0.5, 0.6) is 0 Å². The van der Waals surface area contributed by atoms with Gasteiger partial charge in [-0.25, -0.2) is 12.8 Å². The molecule has 1 aliphatic rings. The molecule has 0 aromatic heterocycles. The number of nitrogens with one attached hydrogen (secondary N) is 1. The number of nitrogens with zero attached hydrogens (tertiary/aromatic N) is 2. The van der Waals surface area contributed by atoms with Crippen molar-refractivity contribution in [2.75, 3.05) is 36.4 Å². The normalized spacial score (nSPS) is 13.6. The summed E-state index contributed by atoms with van der Waals surface area (Å²) in [6.07, 6.45) is 0.670. The van der Waals surface area contributed by atoms with Crippen molar-refractivity contribution < 1.29 is 17.6 Å². The van der Waals surface area contributed by atoms with E-state index in [9.17, 15) is 17.6 Å². The number of halogens is 1. The monoisotopic (exact) mass is 419 g/mol. The van der Waals surface area contributed by atoms with Crippen LogP contribution in [-0.4, -0.2) is 44.8 Å². The number of sulfonamides is 1. The first-order valence-corrected chi connectivity index (χ1v) is 11.1. The van der Waals surface area contributed by atoms with Gasteiger partial charge in [0.15, 0.2) is 0 Å². The summed E-state index contributed by atoms with van der Waals surface area (Å²) >= 11 is 0. The zero-order valence-electron chi connectivity index (χ0n) is 16.9. The summed E-state index contributed by atoms with van der Waals surface area (Å²) in [4.78, 5) is 14.6. The second-order valence-electron chi connectivity index (χ2n) is 7.06. The first kappa shape index (κ1) is 21.3. The molecule has 0 unspecified atom stereocenters. The molecule has 0 spiro atoms. The maximum atomic E-state index is 13.7. The van der Waals surface area contributed by atoms with Gasteiger partial charge in [0.1, 0.15) is 5.82 Å². The van der Waals surface area contributed by atoms with Gasteiger partial charge in [0.2, 0.25) is 15.9 Å². The second kappa shape index (κ2) is 8.51. The predicted octanol–water partition coefficient (Wildman–Crippen LogP) is 3.17. The highest BCUT2D eigenvalue weighted by Crippen LogP contribution is 2.31. The van der Waals surface area contributed by atoms with E-state index in [-0.39, 0.29) is 23.2 Å². The molecule has 156 valence electrons. The van der Waals surface area contributed by atoms with E-state index in [0.717, 1.165) is 11.3 Å². The molecule has 1 N–H and O–H groups in total. The van der Waals surface area contributed by atoms with Crippen molar-refractivity contribution in [3.63, 3.8) is 0 Å². The second-order valence-corrected chi connectivity index (χ2v) is 9.00. The van der Waals surface area contributed by atoms with Crippen LogP contribution >= 0.6 is 0 Å². The largest absolute Gasteiger partial charge is 0.362 e. The molecule has 0 saturated carbocycles. The average molecular weight is 420 g/mol. The lowest BCUT2D eigenvalue weighted by molar-refractivity contribution is -0.115. The van der Waals surface area contributed by atoms with Crippen LogP contribution in [0.15, 0.2) is 41.3 Å². The molecule has 0 fully saturated rings. The number of aryl methyl sites for hydroxylation is 1. The van der Waals surface area contributed by atoms with Crippen molar-refractivity contribution in [2.45, 2.75) is 32.1 Å². The van der Waals surface area contributed by atoms with Crippen molar-refractivity contribution in [1.82, 2.24) is 4.31 Å². The highest BCUT2D eigenvalue weighted by atomic mass is 32.2. The first-order valence-electron chi connectivity index (χ1n) is 9.70. The van der Waals surface area contributed by atoms with Gasteiger partial charge in [0.05, 0.1) is 11.4 Å². The van der Waals surface area contributed by atoms with E-state index in [1.807, 2.05) is 18.7 Å². The van der Waals surface area contributed by atoms with Gasteiger partial charge < -0.3 is 10.2 Å². The Balaban J connectivity index is 1.73. The average Bonchev–Trinajstić information content (AvgIpc) is 3.07. The molecule has 1 amide bonds. The van der Waals surface area contributed by atoms with Crippen LogP contribution in [-0.2, 0) is 21.2 Å². The molecule has 1 heterocycles. The molecule has 0 saturated heterocycles. The minimum Gasteiger partial charge on any atom is -0.362 e. The van der Waals surface area contributed by atoms with Crippen molar-refractivity contribution in [2.24, 2.45) is 0 Å². The molecule has 0 radical (unpaired) electrons. The van der Waals surface area contributed by atoms with Crippen molar-refractivity contribution in [1.29, 1.82) is 0 Å². The van der Waals surface area contributed by atoms with E-state index in [2.05, 4.69) is 5.32 Å². The third-order valence-corrected chi connectivity index (χ3v) is 7.22. The van der Waals surface area contributed by atoms with E-state index in [1.54, 1.807) is 37.3 Å². The van der Waals surface area contributed by atoms with Gasteiger partial charge >= 0.3 is 0 Å². The van der Waals surface area contributed by atoms with Gasteiger partial charge in [0, 0.05) is 31.0 Å². The number of carbonyl (C=O) groups excluding carboxylic acids is 1. The molecule has 2 aromatic rings. The van der Waals surface area contributed by atoms with Crippen LogP contribution < -0.4 is 10.2 Å². The van der Waals surface area contributed by atoms with Crippen LogP contribution in [0, 0.1) is 12.7 Å². The van der Waals surface area contributed by atoms with Gasteiger partial charge in [0.25, 0.3) is 0 Å². The third kappa shape index (κ3) is 4.43. The Hall–Kier alpha value is -2.45. The molecule has 3 rings (SSSR count). The van der Waals surface area contributed by atoms with E-state index in [1.165, 1.54) is 10.4 Å². The van der Waals surface area contributed by atoms with Gasteiger partial charge in [-0.2, -0.15) is 4.31 Å². The standard InChI is InChI=1S/C21H26FN3O3S/c1-4-25(5-2)29(27,28)18-8-9-20-16(12-18)10-11-24(20)14-21(26)23-17-7-6-15(3)19(22)13-17/h6-9,12-13H,4-5,10-11,14H2,1-3H3,(H,23,26). The van der Waals surface area contributed by atoms with Crippen LogP contribution in [0.1, 0.15) is 25.0 Å². The fraction of sp³-hybridized carbons (Fsp3) is 0.381. The smallest absolute Gasteiger partial charge is 0.243 e. The minimum absolute atomic E-state index is 0.116. The molecule has 8 heteroatoms. The SMILES string of the molecule is CCN(CC)S(=O)(=O)c1ccc2c(c1)CCN2CC(=O)Nc1ccc(C)c(F)c1. The lowest BCUT2D eigenvalue weighted by atomic mass is 10.2. The molecule has 0 bridgehead atoms. The number of amides is 1. The summed E-state index contributed by atoms with van der Waals surface area (Å²) in [6.45, 7) is 6.87. The number of rotatable bonds is 7. The van der Waals surface area contributed by atoms with Crippen LogP contribution in [0.2, 0.25) is 0 Å². The van der Waals surface area contributed by atoms with E-state index >= 15 is 0 Å². The fourth-order valence-electron chi connectivity index (χ4n) is 3.53. The Morgan fingerprint density at radius 3 is 2.55 bits per heavy atom. The zero-order valence-corrected chi connectivity index (χ0v) is 17.7. The summed E-state index contributed by atoms with van der Waals surface area (Å²) in [7, 11) is -3.51. The molecule has 1 aliphatic heterocycles. The quantitative estimate of drug-likeness (QED) is 0.749. The number of hydrogen-bond donors (Lipinski definition) is 1. The Kier molecular flexibility index (Phi) is 6.24. The molecule has 0 aliphatic carbocycles. The van der Waals surface area contributed by atoms with Gasteiger partial charge in [-0.1, -0.05) is 19.9 Å². The maximum absolute atomic E-state index is 13.7. The lowest BCUT2D eigenvalue weighted by Crippen LogP contribution is -2.32. The number of carbonyl (C=O) groups is 1. The van der Waals surface area contributed by atoms with E-state index < -0.39 is 10.0 Å². The topological polar surface area (TPSA) is 69.7 Å². The van der Waals surface area contributed by atoms with Crippen molar-refractivity contribution in [3.8, 4) is 0 Å². The van der Waals surface area contributed by atoms with Crippen molar-refractivity contribution >= 4 is 27.3 Å². The summed E-state index contributed by atoms with van der Waals surface area (Å²) in [5.41, 5.74) is 2.70. The molecule has 6 nitrogen and oxygen atoms in total. The predicted molar refractivity (Wildman–Crippen MR) is 112 cm³/mol. The number of hydrogen-bond acceptors (Lipinski definition) is 4. The Bertz CT molecular complexity index is 1020. The van der Waals surface area contributed by atoms with Gasteiger partial charge in [-0.05, 0) is 54.8 Å².